The zero-order valence-electron chi connectivity index (χ0n) is 11.7. The molecule has 3 rings (SSSR count). The monoisotopic (exact) mass is 288 g/mol. The molecule has 0 aromatic carbocycles. The van der Waals surface area contributed by atoms with Gasteiger partial charge in [-0.05, 0) is 12.1 Å². The normalized spacial score (nSPS) is 15.5. The van der Waals surface area contributed by atoms with E-state index in [1.165, 1.54) is 13.0 Å². The summed E-state index contributed by atoms with van der Waals surface area (Å²) in [6, 6.07) is 3.21. The van der Waals surface area contributed by atoms with Crippen LogP contribution in [0.25, 0.3) is 5.65 Å². The molecule has 3 heterocycles. The zero-order valence-corrected chi connectivity index (χ0v) is 11.7. The van der Waals surface area contributed by atoms with E-state index in [4.69, 9.17) is 0 Å². The number of carbonyl (C=O) groups is 2. The Morgan fingerprint density at radius 2 is 1.86 bits per heavy atom. The summed E-state index contributed by atoms with van der Waals surface area (Å²) in [5, 5.41) is 9.72. The standard InChI is InChI=1S/C14H16N4O3/c1-10(19)16-5-7-17(8-6-16)14(21)11-9-18-4-2-3-12(20)13(18)15-11/h2-4,9,20H,5-8H2,1H3. The number of amides is 2. The Hall–Kier alpha value is -2.57. The van der Waals surface area contributed by atoms with Crippen molar-refractivity contribution in [3.05, 3.63) is 30.2 Å². The molecule has 0 aliphatic carbocycles. The Morgan fingerprint density at radius 3 is 2.48 bits per heavy atom. The Morgan fingerprint density at radius 1 is 1.19 bits per heavy atom. The van der Waals surface area contributed by atoms with Gasteiger partial charge in [0.1, 0.15) is 5.69 Å². The third-order valence-electron chi connectivity index (χ3n) is 3.69. The Kier molecular flexibility index (Phi) is 3.25. The minimum atomic E-state index is -0.179. The van der Waals surface area contributed by atoms with Gasteiger partial charge in [0, 0.05) is 45.5 Å². The first kappa shape index (κ1) is 13.4. The second kappa shape index (κ2) is 5.08. The summed E-state index contributed by atoms with van der Waals surface area (Å²) in [7, 11) is 0. The molecule has 7 nitrogen and oxygen atoms in total. The molecule has 0 radical (unpaired) electrons. The van der Waals surface area contributed by atoms with Crippen LogP contribution in [0.15, 0.2) is 24.5 Å². The highest BCUT2D eigenvalue weighted by molar-refractivity contribution is 5.93. The molecule has 1 N–H and O–H groups in total. The number of pyridine rings is 1. The summed E-state index contributed by atoms with van der Waals surface area (Å²) >= 11 is 0. The van der Waals surface area contributed by atoms with Crippen LogP contribution in [-0.4, -0.2) is 62.3 Å². The number of imidazole rings is 1. The first-order valence-corrected chi connectivity index (χ1v) is 6.78. The number of piperazine rings is 1. The van der Waals surface area contributed by atoms with Gasteiger partial charge in [-0.1, -0.05) is 0 Å². The molecule has 1 saturated heterocycles. The molecule has 0 atom stereocenters. The van der Waals surface area contributed by atoms with E-state index in [0.717, 1.165) is 0 Å². The lowest BCUT2D eigenvalue weighted by Gasteiger charge is -2.33. The lowest BCUT2D eigenvalue weighted by Crippen LogP contribution is -2.50. The molecular formula is C14H16N4O3. The van der Waals surface area contributed by atoms with E-state index in [-0.39, 0.29) is 17.6 Å². The van der Waals surface area contributed by atoms with Crippen molar-refractivity contribution in [3.63, 3.8) is 0 Å². The maximum Gasteiger partial charge on any atom is 0.274 e. The van der Waals surface area contributed by atoms with Gasteiger partial charge in [0.05, 0.1) is 0 Å². The van der Waals surface area contributed by atoms with Crippen molar-refractivity contribution in [2.75, 3.05) is 26.2 Å². The highest BCUT2D eigenvalue weighted by Crippen LogP contribution is 2.18. The predicted octanol–water partition coefficient (Wildman–Crippen LogP) is 0.344. The van der Waals surface area contributed by atoms with Crippen molar-refractivity contribution in [1.82, 2.24) is 19.2 Å². The van der Waals surface area contributed by atoms with Crippen LogP contribution in [0.1, 0.15) is 17.4 Å². The Labute approximate surface area is 121 Å². The molecule has 110 valence electrons. The molecule has 0 saturated carbocycles. The molecular weight excluding hydrogens is 272 g/mol. The molecule has 2 aromatic rings. The molecule has 0 unspecified atom stereocenters. The van der Waals surface area contributed by atoms with Crippen LogP contribution in [-0.2, 0) is 4.79 Å². The van der Waals surface area contributed by atoms with E-state index in [0.29, 0.717) is 37.5 Å². The molecule has 2 amide bonds. The van der Waals surface area contributed by atoms with Crippen LogP contribution < -0.4 is 0 Å². The van der Waals surface area contributed by atoms with Gasteiger partial charge in [-0.2, -0.15) is 0 Å². The minimum absolute atomic E-state index is 0.0275. The van der Waals surface area contributed by atoms with Crippen molar-refractivity contribution < 1.29 is 14.7 Å². The van der Waals surface area contributed by atoms with Gasteiger partial charge in [0.15, 0.2) is 11.4 Å². The molecule has 0 spiro atoms. The quantitative estimate of drug-likeness (QED) is 0.821. The van der Waals surface area contributed by atoms with E-state index in [2.05, 4.69) is 4.98 Å². The molecule has 1 aliphatic heterocycles. The fraction of sp³-hybridized carbons (Fsp3) is 0.357. The average Bonchev–Trinajstić information content (AvgIpc) is 2.92. The number of rotatable bonds is 1. The molecule has 1 fully saturated rings. The topological polar surface area (TPSA) is 78.2 Å². The van der Waals surface area contributed by atoms with Gasteiger partial charge < -0.3 is 19.3 Å². The van der Waals surface area contributed by atoms with Crippen molar-refractivity contribution in [2.45, 2.75) is 6.92 Å². The first-order chi connectivity index (χ1) is 10.1. The van der Waals surface area contributed by atoms with E-state index in [1.807, 2.05) is 0 Å². The summed E-state index contributed by atoms with van der Waals surface area (Å²) in [4.78, 5) is 31.3. The Balaban J connectivity index is 1.78. The third kappa shape index (κ3) is 2.42. The number of nitrogens with zero attached hydrogens (tertiary/aromatic N) is 4. The summed E-state index contributed by atoms with van der Waals surface area (Å²) in [6.45, 7) is 3.61. The smallest absolute Gasteiger partial charge is 0.274 e. The predicted molar refractivity (Wildman–Crippen MR) is 75.0 cm³/mol. The van der Waals surface area contributed by atoms with Gasteiger partial charge >= 0.3 is 0 Å². The van der Waals surface area contributed by atoms with Gasteiger partial charge in [-0.15, -0.1) is 0 Å². The molecule has 7 heteroatoms. The highest BCUT2D eigenvalue weighted by Gasteiger charge is 2.25. The third-order valence-corrected chi connectivity index (χ3v) is 3.69. The van der Waals surface area contributed by atoms with Crippen molar-refractivity contribution in [1.29, 1.82) is 0 Å². The number of hydrogen-bond acceptors (Lipinski definition) is 4. The summed E-state index contributed by atoms with van der Waals surface area (Å²) in [5.74, 6) is -0.112. The maximum atomic E-state index is 12.4. The second-order valence-corrected chi connectivity index (χ2v) is 5.05. The van der Waals surface area contributed by atoms with Crippen LogP contribution in [0.2, 0.25) is 0 Å². The summed E-state index contributed by atoms with van der Waals surface area (Å²) < 4.78 is 1.62. The van der Waals surface area contributed by atoms with E-state index in [9.17, 15) is 14.7 Å². The SMILES string of the molecule is CC(=O)N1CCN(C(=O)c2cn3cccc(O)c3n2)CC1. The fourth-order valence-corrected chi connectivity index (χ4v) is 2.49. The van der Waals surface area contributed by atoms with Gasteiger partial charge in [0.2, 0.25) is 5.91 Å². The van der Waals surface area contributed by atoms with Crippen LogP contribution in [0.4, 0.5) is 0 Å². The summed E-state index contributed by atoms with van der Waals surface area (Å²) in [5.41, 5.74) is 0.663. The highest BCUT2D eigenvalue weighted by atomic mass is 16.3. The molecule has 2 aromatic heterocycles. The summed E-state index contributed by atoms with van der Waals surface area (Å²) in [6.07, 6.45) is 3.33. The lowest BCUT2D eigenvalue weighted by atomic mass is 10.3. The van der Waals surface area contributed by atoms with E-state index < -0.39 is 0 Å². The maximum absolute atomic E-state index is 12.4. The van der Waals surface area contributed by atoms with Crippen molar-refractivity contribution >= 4 is 17.5 Å². The largest absolute Gasteiger partial charge is 0.504 e. The zero-order chi connectivity index (χ0) is 15.0. The van der Waals surface area contributed by atoms with Crippen LogP contribution in [0, 0.1) is 0 Å². The molecule has 1 aliphatic rings. The second-order valence-electron chi connectivity index (χ2n) is 5.05. The van der Waals surface area contributed by atoms with Crippen LogP contribution in [0.5, 0.6) is 5.75 Å². The van der Waals surface area contributed by atoms with Crippen molar-refractivity contribution in [2.24, 2.45) is 0 Å². The van der Waals surface area contributed by atoms with E-state index >= 15 is 0 Å². The van der Waals surface area contributed by atoms with Crippen LogP contribution >= 0.6 is 0 Å². The number of aromatic nitrogens is 2. The molecule has 21 heavy (non-hydrogen) atoms. The number of aromatic hydroxyl groups is 1. The Bertz CT molecular complexity index is 701. The number of fused-ring (bicyclic) bond motifs is 1. The first-order valence-electron chi connectivity index (χ1n) is 6.78. The minimum Gasteiger partial charge on any atom is -0.504 e. The lowest BCUT2D eigenvalue weighted by molar-refractivity contribution is -0.130. The van der Waals surface area contributed by atoms with Gasteiger partial charge in [-0.25, -0.2) is 4.98 Å². The average molecular weight is 288 g/mol. The van der Waals surface area contributed by atoms with Gasteiger partial charge in [-0.3, -0.25) is 9.59 Å². The molecule has 0 bridgehead atoms. The number of hydrogen-bond donors (Lipinski definition) is 1. The van der Waals surface area contributed by atoms with Crippen LogP contribution in [0.3, 0.4) is 0 Å². The fourth-order valence-electron chi connectivity index (χ4n) is 2.49. The number of carbonyl (C=O) groups excluding carboxylic acids is 2. The van der Waals surface area contributed by atoms with Crippen molar-refractivity contribution in [3.8, 4) is 5.75 Å². The van der Waals surface area contributed by atoms with E-state index in [1.54, 1.807) is 32.7 Å². The van der Waals surface area contributed by atoms with Gasteiger partial charge in [0.25, 0.3) is 5.91 Å².